The molecule has 2 nitrogen and oxygen atoms in total. The Morgan fingerprint density at radius 3 is 3.00 bits per heavy atom. The summed E-state index contributed by atoms with van der Waals surface area (Å²) in [6.07, 6.45) is 8.17. The standard InChI is InChI=1S/C18H24N2S/c1-3-15-12-19-18(21-15)13(2)20-17-11-7-5-9-14-8-4-6-10-16(14)17/h4,6,8,10,12-13,17,20H,3,5,7,9,11H2,1-2H3. The molecule has 0 saturated carbocycles. The quantitative estimate of drug-likeness (QED) is 0.819. The molecule has 1 heterocycles. The van der Waals surface area contributed by atoms with Gasteiger partial charge in [-0.2, -0.15) is 0 Å². The Balaban J connectivity index is 1.77. The number of rotatable bonds is 4. The zero-order valence-corrected chi connectivity index (χ0v) is 13.7. The van der Waals surface area contributed by atoms with Crippen molar-refractivity contribution < 1.29 is 0 Å². The highest BCUT2D eigenvalue weighted by Gasteiger charge is 2.21. The van der Waals surface area contributed by atoms with Crippen LogP contribution in [0.4, 0.5) is 0 Å². The van der Waals surface area contributed by atoms with Crippen molar-refractivity contribution in [1.82, 2.24) is 10.3 Å². The Kier molecular flexibility index (Phi) is 4.71. The molecule has 0 fully saturated rings. The van der Waals surface area contributed by atoms with Gasteiger partial charge in [0.05, 0.1) is 6.04 Å². The molecule has 2 aromatic rings. The fraction of sp³-hybridized carbons (Fsp3) is 0.500. The van der Waals surface area contributed by atoms with E-state index in [-0.39, 0.29) is 0 Å². The van der Waals surface area contributed by atoms with E-state index in [1.54, 1.807) is 0 Å². The number of nitrogens with one attached hydrogen (secondary N) is 1. The van der Waals surface area contributed by atoms with Gasteiger partial charge in [-0.3, -0.25) is 0 Å². The number of hydrogen-bond donors (Lipinski definition) is 1. The molecule has 0 bridgehead atoms. The lowest BCUT2D eigenvalue weighted by molar-refractivity contribution is 0.436. The summed E-state index contributed by atoms with van der Waals surface area (Å²) in [6.45, 7) is 4.43. The summed E-state index contributed by atoms with van der Waals surface area (Å²) in [6, 6.07) is 9.71. The van der Waals surface area contributed by atoms with E-state index in [9.17, 15) is 0 Å². The van der Waals surface area contributed by atoms with Crippen LogP contribution in [0, 0.1) is 0 Å². The Morgan fingerprint density at radius 2 is 2.19 bits per heavy atom. The maximum atomic E-state index is 4.59. The summed E-state index contributed by atoms with van der Waals surface area (Å²) in [5.41, 5.74) is 3.02. The van der Waals surface area contributed by atoms with Crippen molar-refractivity contribution in [3.63, 3.8) is 0 Å². The third-order valence-corrected chi connectivity index (χ3v) is 5.69. The Labute approximate surface area is 131 Å². The summed E-state index contributed by atoms with van der Waals surface area (Å²) in [4.78, 5) is 5.96. The fourth-order valence-corrected chi connectivity index (χ4v) is 4.02. The van der Waals surface area contributed by atoms with Crippen LogP contribution in [0.5, 0.6) is 0 Å². The second-order valence-electron chi connectivity index (χ2n) is 5.90. The molecule has 2 unspecified atom stereocenters. The van der Waals surface area contributed by atoms with Gasteiger partial charge in [0.2, 0.25) is 0 Å². The largest absolute Gasteiger partial charge is 0.301 e. The van der Waals surface area contributed by atoms with Crippen molar-refractivity contribution >= 4 is 11.3 Å². The van der Waals surface area contributed by atoms with Crippen LogP contribution in [0.3, 0.4) is 0 Å². The average Bonchev–Trinajstić information content (AvgIpc) is 2.91. The molecule has 0 aliphatic heterocycles. The van der Waals surface area contributed by atoms with E-state index >= 15 is 0 Å². The Hall–Kier alpha value is -1.19. The molecule has 1 aromatic carbocycles. The lowest BCUT2D eigenvalue weighted by Gasteiger charge is -2.23. The van der Waals surface area contributed by atoms with Gasteiger partial charge in [-0.1, -0.05) is 37.6 Å². The molecule has 3 heteroatoms. The van der Waals surface area contributed by atoms with Gasteiger partial charge in [-0.25, -0.2) is 4.98 Å². The highest BCUT2D eigenvalue weighted by Crippen LogP contribution is 2.31. The van der Waals surface area contributed by atoms with Gasteiger partial charge in [0.1, 0.15) is 5.01 Å². The third kappa shape index (κ3) is 3.35. The van der Waals surface area contributed by atoms with Crippen LogP contribution < -0.4 is 5.32 Å². The normalized spacial score (nSPS) is 19.8. The topological polar surface area (TPSA) is 24.9 Å². The first-order valence-electron chi connectivity index (χ1n) is 8.06. The monoisotopic (exact) mass is 300 g/mol. The van der Waals surface area contributed by atoms with Crippen LogP contribution in [-0.4, -0.2) is 4.98 Å². The summed E-state index contributed by atoms with van der Waals surface area (Å²) in [5.74, 6) is 0. The first-order chi connectivity index (χ1) is 10.3. The summed E-state index contributed by atoms with van der Waals surface area (Å²) in [7, 11) is 0. The second-order valence-corrected chi connectivity index (χ2v) is 7.05. The lowest BCUT2D eigenvalue weighted by Crippen LogP contribution is -2.24. The minimum Gasteiger partial charge on any atom is -0.301 e. The van der Waals surface area contributed by atoms with Crippen molar-refractivity contribution in [2.24, 2.45) is 0 Å². The molecule has 112 valence electrons. The van der Waals surface area contributed by atoms with Crippen LogP contribution in [-0.2, 0) is 12.8 Å². The first kappa shape index (κ1) is 14.7. The Morgan fingerprint density at radius 1 is 1.33 bits per heavy atom. The van der Waals surface area contributed by atoms with E-state index in [2.05, 4.69) is 48.4 Å². The summed E-state index contributed by atoms with van der Waals surface area (Å²) >= 11 is 1.84. The Bertz CT molecular complexity index is 590. The molecule has 1 aliphatic carbocycles. The predicted octanol–water partition coefficient (Wildman–Crippen LogP) is 4.82. The molecule has 1 N–H and O–H groups in total. The van der Waals surface area contributed by atoms with E-state index in [1.165, 1.54) is 46.7 Å². The lowest BCUT2D eigenvalue weighted by atomic mass is 9.98. The highest BCUT2D eigenvalue weighted by molar-refractivity contribution is 7.11. The van der Waals surface area contributed by atoms with E-state index in [1.807, 2.05) is 17.5 Å². The summed E-state index contributed by atoms with van der Waals surface area (Å²) in [5, 5.41) is 5.03. The molecule has 1 aromatic heterocycles. The minimum absolute atomic E-state index is 0.325. The van der Waals surface area contributed by atoms with Crippen LogP contribution in [0.15, 0.2) is 30.5 Å². The maximum absolute atomic E-state index is 4.59. The number of benzene rings is 1. The SMILES string of the molecule is CCc1cnc(C(C)NC2CCCCc3ccccc32)s1. The molecular weight excluding hydrogens is 276 g/mol. The molecule has 21 heavy (non-hydrogen) atoms. The van der Waals surface area contributed by atoms with E-state index in [0.29, 0.717) is 12.1 Å². The fourth-order valence-electron chi connectivity index (χ4n) is 3.15. The number of hydrogen-bond acceptors (Lipinski definition) is 3. The number of aryl methyl sites for hydroxylation is 2. The van der Waals surface area contributed by atoms with Gasteiger partial charge in [0.25, 0.3) is 0 Å². The predicted molar refractivity (Wildman–Crippen MR) is 89.8 cm³/mol. The van der Waals surface area contributed by atoms with Gasteiger partial charge in [0.15, 0.2) is 0 Å². The number of fused-ring (bicyclic) bond motifs is 1. The van der Waals surface area contributed by atoms with E-state index in [0.717, 1.165) is 6.42 Å². The average molecular weight is 300 g/mol. The van der Waals surface area contributed by atoms with Gasteiger partial charge in [0, 0.05) is 17.1 Å². The smallest absolute Gasteiger partial charge is 0.109 e. The number of nitrogens with zero attached hydrogens (tertiary/aromatic N) is 1. The van der Waals surface area contributed by atoms with Crippen molar-refractivity contribution in [3.05, 3.63) is 51.5 Å². The van der Waals surface area contributed by atoms with Crippen molar-refractivity contribution in [2.45, 2.75) is 58.0 Å². The zero-order valence-electron chi connectivity index (χ0n) is 12.9. The van der Waals surface area contributed by atoms with Crippen molar-refractivity contribution in [1.29, 1.82) is 0 Å². The molecule has 1 aliphatic rings. The second kappa shape index (κ2) is 6.71. The molecular formula is C18H24N2S. The molecule has 3 rings (SSSR count). The minimum atomic E-state index is 0.325. The van der Waals surface area contributed by atoms with E-state index < -0.39 is 0 Å². The molecule has 0 saturated heterocycles. The van der Waals surface area contributed by atoms with Crippen molar-refractivity contribution in [3.8, 4) is 0 Å². The third-order valence-electron chi connectivity index (χ3n) is 4.36. The van der Waals surface area contributed by atoms with Crippen LogP contribution in [0.1, 0.15) is 66.2 Å². The van der Waals surface area contributed by atoms with Crippen LogP contribution in [0.25, 0.3) is 0 Å². The molecule has 0 spiro atoms. The van der Waals surface area contributed by atoms with Gasteiger partial charge < -0.3 is 5.32 Å². The van der Waals surface area contributed by atoms with Gasteiger partial charge in [-0.15, -0.1) is 11.3 Å². The zero-order chi connectivity index (χ0) is 14.7. The molecule has 0 radical (unpaired) electrons. The molecule has 2 atom stereocenters. The van der Waals surface area contributed by atoms with Crippen molar-refractivity contribution in [2.75, 3.05) is 0 Å². The van der Waals surface area contributed by atoms with Crippen LogP contribution >= 0.6 is 11.3 Å². The van der Waals surface area contributed by atoms with E-state index in [4.69, 9.17) is 0 Å². The molecule has 0 amide bonds. The number of aromatic nitrogens is 1. The van der Waals surface area contributed by atoms with Crippen LogP contribution in [0.2, 0.25) is 0 Å². The highest BCUT2D eigenvalue weighted by atomic mass is 32.1. The number of thiazole rings is 1. The summed E-state index contributed by atoms with van der Waals surface area (Å²) < 4.78 is 0. The van der Waals surface area contributed by atoms with Gasteiger partial charge in [-0.05, 0) is 43.7 Å². The maximum Gasteiger partial charge on any atom is 0.109 e. The van der Waals surface area contributed by atoms with Gasteiger partial charge >= 0.3 is 0 Å². The first-order valence-corrected chi connectivity index (χ1v) is 8.88.